The fourth-order valence-corrected chi connectivity index (χ4v) is 1.88. The first-order chi connectivity index (χ1) is 9.11. The van der Waals surface area contributed by atoms with Crippen LogP contribution in [-0.4, -0.2) is 5.97 Å². The second-order valence-electron chi connectivity index (χ2n) is 4.24. The van der Waals surface area contributed by atoms with Gasteiger partial charge in [0.15, 0.2) is 11.5 Å². The average Bonchev–Trinajstić information content (AvgIpc) is 2.35. The predicted octanol–water partition coefficient (Wildman–Crippen LogP) is 2.08. The number of hydrogen-bond acceptors (Lipinski definition) is 4. The van der Waals surface area contributed by atoms with Crippen LogP contribution < -0.4 is 20.0 Å². The van der Waals surface area contributed by atoms with Gasteiger partial charge in [0.05, 0.1) is 0 Å². The van der Waals surface area contributed by atoms with Crippen molar-refractivity contribution >= 4 is 18.2 Å². The summed E-state index contributed by atoms with van der Waals surface area (Å²) in [6.07, 6.45) is 0. The summed E-state index contributed by atoms with van der Waals surface area (Å²) in [6.45, 7) is 5.21. The smallest absolute Gasteiger partial charge is 0.308 e. The van der Waals surface area contributed by atoms with Crippen molar-refractivity contribution in [3.05, 3.63) is 47.0 Å². The molecule has 3 rings (SSSR count). The highest BCUT2D eigenvalue weighted by Gasteiger charge is 2.13. The number of nitrogens with zero attached hydrogens (tertiary/aromatic N) is 1. The first-order valence-electron chi connectivity index (χ1n) is 5.80. The quantitative estimate of drug-likeness (QED) is 0.493. The molecule has 0 atom stereocenters. The zero-order chi connectivity index (χ0) is 13.4. The van der Waals surface area contributed by atoms with Gasteiger partial charge in [-0.1, -0.05) is 12.6 Å². The molecule has 2 aromatic rings. The average molecular weight is 253 g/mol. The number of carbonyl (C=O) groups is 1. The molecular formula is C15H11NO3. The van der Waals surface area contributed by atoms with Gasteiger partial charge >= 0.3 is 5.97 Å². The van der Waals surface area contributed by atoms with Crippen molar-refractivity contribution in [1.82, 2.24) is 0 Å². The van der Waals surface area contributed by atoms with Crippen molar-refractivity contribution in [2.75, 3.05) is 0 Å². The summed E-state index contributed by atoms with van der Waals surface area (Å²) in [5.74, 6) is 1.29. The maximum atomic E-state index is 10.9. The van der Waals surface area contributed by atoms with Crippen molar-refractivity contribution in [2.45, 2.75) is 6.92 Å². The van der Waals surface area contributed by atoms with Crippen LogP contribution in [-0.2, 0) is 4.79 Å². The summed E-state index contributed by atoms with van der Waals surface area (Å²) in [5, 5.41) is 1.62. The molecule has 1 aliphatic rings. The lowest BCUT2D eigenvalue weighted by Crippen LogP contribution is -2.13. The van der Waals surface area contributed by atoms with Gasteiger partial charge in [-0.25, -0.2) is 4.99 Å². The lowest BCUT2D eigenvalue weighted by atomic mass is 10.2. The van der Waals surface area contributed by atoms with Gasteiger partial charge in [0.2, 0.25) is 0 Å². The van der Waals surface area contributed by atoms with Crippen molar-refractivity contribution in [3.63, 3.8) is 0 Å². The van der Waals surface area contributed by atoms with E-state index in [-0.39, 0.29) is 5.97 Å². The normalized spacial score (nSPS) is 11.6. The van der Waals surface area contributed by atoms with E-state index in [4.69, 9.17) is 9.47 Å². The van der Waals surface area contributed by atoms with E-state index in [1.807, 2.05) is 18.2 Å². The Morgan fingerprint density at radius 3 is 2.84 bits per heavy atom. The number of rotatable bonds is 1. The van der Waals surface area contributed by atoms with Gasteiger partial charge in [-0.05, 0) is 29.5 Å². The molecule has 0 fully saturated rings. The molecule has 0 bridgehead atoms. The largest absolute Gasteiger partial charge is 0.453 e. The number of ether oxygens (including phenoxy) is 2. The van der Waals surface area contributed by atoms with E-state index >= 15 is 0 Å². The summed E-state index contributed by atoms with van der Waals surface area (Å²) in [5.41, 5.74) is 0.709. The highest BCUT2D eigenvalue weighted by Crippen LogP contribution is 2.36. The van der Waals surface area contributed by atoms with Gasteiger partial charge in [0.25, 0.3) is 0 Å². The summed E-state index contributed by atoms with van der Waals surface area (Å²) in [6, 6.07) is 10.7. The Kier molecular flexibility index (Phi) is 2.56. The minimum absolute atomic E-state index is 0.367. The zero-order valence-electron chi connectivity index (χ0n) is 10.3. The van der Waals surface area contributed by atoms with Gasteiger partial charge in [-0.2, -0.15) is 0 Å². The van der Waals surface area contributed by atoms with Crippen molar-refractivity contribution < 1.29 is 14.3 Å². The summed E-state index contributed by atoms with van der Waals surface area (Å²) in [4.78, 5) is 15.4. The standard InChI is InChI=1S/C15H11NO3/c1-9-3-5-12-14(7-9)19-15-8-11(18-10(2)17)4-6-13(15)16-12/h3-8H,1H2,2H3. The van der Waals surface area contributed by atoms with E-state index in [0.29, 0.717) is 22.9 Å². The number of benzene rings is 2. The van der Waals surface area contributed by atoms with E-state index in [9.17, 15) is 4.79 Å². The first kappa shape index (κ1) is 11.5. The molecule has 0 radical (unpaired) electrons. The van der Waals surface area contributed by atoms with E-state index in [1.54, 1.807) is 18.2 Å². The van der Waals surface area contributed by atoms with Crippen LogP contribution in [0.1, 0.15) is 6.92 Å². The molecule has 0 aromatic heterocycles. The molecule has 0 N–H and O–H groups in total. The van der Waals surface area contributed by atoms with Crippen LogP contribution in [0, 0.1) is 0 Å². The van der Waals surface area contributed by atoms with Crippen LogP contribution in [0.4, 0.5) is 5.69 Å². The van der Waals surface area contributed by atoms with Crippen LogP contribution in [0.15, 0.2) is 41.4 Å². The molecule has 1 aliphatic heterocycles. The second kappa shape index (κ2) is 4.24. The van der Waals surface area contributed by atoms with Crippen LogP contribution in [0.3, 0.4) is 0 Å². The molecule has 4 heteroatoms. The van der Waals surface area contributed by atoms with E-state index in [2.05, 4.69) is 11.6 Å². The minimum Gasteiger partial charge on any atom is -0.453 e. The van der Waals surface area contributed by atoms with Crippen molar-refractivity contribution in [1.29, 1.82) is 0 Å². The molecule has 0 saturated carbocycles. The Hall–Kier alpha value is -2.62. The molecule has 0 aliphatic carbocycles. The van der Waals surface area contributed by atoms with Crippen molar-refractivity contribution in [3.8, 4) is 17.2 Å². The van der Waals surface area contributed by atoms with Gasteiger partial charge in [-0.3, -0.25) is 4.79 Å². The molecule has 4 nitrogen and oxygen atoms in total. The molecule has 0 spiro atoms. The molecule has 0 amide bonds. The molecular weight excluding hydrogens is 242 g/mol. The second-order valence-corrected chi connectivity index (χ2v) is 4.24. The fourth-order valence-electron chi connectivity index (χ4n) is 1.88. The van der Waals surface area contributed by atoms with Gasteiger partial charge < -0.3 is 9.47 Å². The first-order valence-corrected chi connectivity index (χ1v) is 5.80. The molecule has 2 aromatic carbocycles. The summed E-state index contributed by atoms with van der Waals surface area (Å²) in [7, 11) is 0. The number of carbonyl (C=O) groups excluding carboxylic acids is 1. The van der Waals surface area contributed by atoms with Crippen LogP contribution >= 0.6 is 0 Å². The summed E-state index contributed by atoms with van der Waals surface area (Å²) >= 11 is 0. The van der Waals surface area contributed by atoms with E-state index in [1.165, 1.54) is 6.92 Å². The third-order valence-corrected chi connectivity index (χ3v) is 2.68. The minimum atomic E-state index is -0.367. The van der Waals surface area contributed by atoms with Gasteiger partial charge in [0, 0.05) is 13.0 Å². The number of fused-ring (bicyclic) bond motifs is 2. The lowest BCUT2D eigenvalue weighted by Gasteiger charge is -2.14. The molecule has 1 heterocycles. The third kappa shape index (κ3) is 2.20. The highest BCUT2D eigenvalue weighted by molar-refractivity contribution is 5.70. The topological polar surface area (TPSA) is 47.9 Å². The van der Waals surface area contributed by atoms with Crippen LogP contribution in [0.2, 0.25) is 0 Å². The number of esters is 1. The SMILES string of the molecule is C=c1ccc2c(c1)Oc1cc(OC(C)=O)ccc1N=2. The molecule has 19 heavy (non-hydrogen) atoms. The highest BCUT2D eigenvalue weighted by atomic mass is 16.5. The van der Waals surface area contributed by atoms with E-state index < -0.39 is 0 Å². The third-order valence-electron chi connectivity index (χ3n) is 2.68. The van der Waals surface area contributed by atoms with Crippen molar-refractivity contribution in [2.24, 2.45) is 4.99 Å². The predicted molar refractivity (Wildman–Crippen MR) is 70.2 cm³/mol. The Morgan fingerprint density at radius 1 is 1.21 bits per heavy atom. The van der Waals surface area contributed by atoms with Gasteiger partial charge in [0.1, 0.15) is 16.8 Å². The maximum Gasteiger partial charge on any atom is 0.308 e. The lowest BCUT2D eigenvalue weighted by molar-refractivity contribution is -0.131. The zero-order valence-corrected chi connectivity index (χ0v) is 10.3. The van der Waals surface area contributed by atoms with Crippen LogP contribution in [0.5, 0.6) is 17.2 Å². The Bertz CT molecular complexity index is 780. The van der Waals surface area contributed by atoms with Gasteiger partial charge in [-0.15, -0.1) is 0 Å². The molecule has 0 saturated heterocycles. The Balaban J connectivity index is 2.09. The number of hydrogen-bond donors (Lipinski definition) is 0. The Labute approximate surface area is 109 Å². The fraction of sp³-hybridized carbons (Fsp3) is 0.0667. The van der Waals surface area contributed by atoms with E-state index in [0.717, 1.165) is 10.6 Å². The summed E-state index contributed by atoms with van der Waals surface area (Å²) < 4.78 is 10.8. The Morgan fingerprint density at radius 2 is 2.05 bits per heavy atom. The molecule has 94 valence electrons. The molecule has 0 unspecified atom stereocenters. The monoisotopic (exact) mass is 253 g/mol. The van der Waals surface area contributed by atoms with Crippen LogP contribution in [0.25, 0.3) is 6.58 Å². The maximum absolute atomic E-state index is 10.9.